The highest BCUT2D eigenvalue weighted by atomic mass is 16.5. The molecular formula is C31H34N2O5. The number of Topliss-reactive ketones (excluding diaryl/α,β-unsaturated/α-hetero) is 1. The van der Waals surface area contributed by atoms with Crippen molar-refractivity contribution in [2.24, 2.45) is 0 Å². The molecule has 7 nitrogen and oxygen atoms in total. The lowest BCUT2D eigenvalue weighted by atomic mass is 9.93. The van der Waals surface area contributed by atoms with Crippen molar-refractivity contribution in [3.05, 3.63) is 95.1 Å². The Bertz CT molecular complexity index is 1330. The molecule has 1 aliphatic heterocycles. The van der Waals surface area contributed by atoms with Crippen LogP contribution in [0.4, 0.5) is 0 Å². The van der Waals surface area contributed by atoms with Gasteiger partial charge in [0.05, 0.1) is 18.2 Å². The molecule has 1 unspecified atom stereocenters. The number of para-hydroxylation sites is 1. The summed E-state index contributed by atoms with van der Waals surface area (Å²) in [6.07, 6.45) is 0.679. The van der Waals surface area contributed by atoms with E-state index in [9.17, 15) is 14.7 Å². The number of amides is 1. The fourth-order valence-electron chi connectivity index (χ4n) is 4.69. The van der Waals surface area contributed by atoms with Gasteiger partial charge in [-0.3, -0.25) is 9.59 Å². The zero-order chi connectivity index (χ0) is 27.2. The van der Waals surface area contributed by atoms with Gasteiger partial charge in [0.2, 0.25) is 0 Å². The number of aryl methyl sites for hydroxylation is 1. The lowest BCUT2D eigenvalue weighted by Crippen LogP contribution is -2.32. The maximum Gasteiger partial charge on any atom is 0.295 e. The second-order valence-corrected chi connectivity index (χ2v) is 9.55. The zero-order valence-electron chi connectivity index (χ0n) is 22.3. The van der Waals surface area contributed by atoms with Crippen LogP contribution in [-0.4, -0.2) is 60.4 Å². The molecule has 7 heteroatoms. The van der Waals surface area contributed by atoms with E-state index in [-0.39, 0.29) is 11.3 Å². The second kappa shape index (κ2) is 12.0. The van der Waals surface area contributed by atoms with E-state index in [4.69, 9.17) is 9.47 Å². The van der Waals surface area contributed by atoms with E-state index in [1.807, 2.05) is 93.5 Å². The Kier molecular flexibility index (Phi) is 8.48. The highest BCUT2D eigenvalue weighted by Gasteiger charge is 2.46. The minimum Gasteiger partial charge on any atom is -0.507 e. The van der Waals surface area contributed by atoms with Crippen LogP contribution in [0.15, 0.2) is 78.4 Å². The fourth-order valence-corrected chi connectivity index (χ4v) is 4.69. The number of carbonyl (C=O) groups is 2. The van der Waals surface area contributed by atoms with E-state index in [1.54, 1.807) is 17.0 Å². The highest BCUT2D eigenvalue weighted by Crippen LogP contribution is 2.41. The van der Waals surface area contributed by atoms with Crippen LogP contribution in [0.25, 0.3) is 5.76 Å². The van der Waals surface area contributed by atoms with Crippen molar-refractivity contribution < 1.29 is 24.2 Å². The lowest BCUT2D eigenvalue weighted by molar-refractivity contribution is -0.139. The van der Waals surface area contributed by atoms with E-state index >= 15 is 0 Å². The van der Waals surface area contributed by atoms with Gasteiger partial charge < -0.3 is 24.4 Å². The SMILES string of the molecule is CCOc1ccc(/C(O)=C2\C(=O)C(=O)N(CCCN(C)C)C2c2cccc(Oc3ccccc3)c2)c(C)c1. The minimum absolute atomic E-state index is 0.0731. The van der Waals surface area contributed by atoms with Gasteiger partial charge in [-0.2, -0.15) is 0 Å². The molecule has 38 heavy (non-hydrogen) atoms. The number of likely N-dealkylation sites (tertiary alicyclic amines) is 1. The average molecular weight is 515 g/mol. The van der Waals surface area contributed by atoms with Gasteiger partial charge in [-0.05, 0) is 94.5 Å². The molecule has 0 saturated carbocycles. The summed E-state index contributed by atoms with van der Waals surface area (Å²) in [5.41, 5.74) is 1.99. The summed E-state index contributed by atoms with van der Waals surface area (Å²) in [6.45, 7) is 5.38. The third kappa shape index (κ3) is 5.89. The molecule has 1 saturated heterocycles. The average Bonchev–Trinajstić information content (AvgIpc) is 3.14. The molecule has 1 heterocycles. The molecule has 0 aliphatic carbocycles. The number of nitrogens with zero attached hydrogens (tertiary/aromatic N) is 2. The number of rotatable bonds is 10. The maximum absolute atomic E-state index is 13.4. The Hall–Kier alpha value is -4.10. The van der Waals surface area contributed by atoms with Crippen LogP contribution in [0.1, 0.15) is 36.1 Å². The number of aliphatic hydroxyl groups excluding tert-OH is 1. The van der Waals surface area contributed by atoms with Gasteiger partial charge in [0, 0.05) is 12.1 Å². The Morgan fingerprint density at radius 3 is 2.37 bits per heavy atom. The predicted molar refractivity (Wildman–Crippen MR) is 147 cm³/mol. The number of aliphatic hydroxyl groups is 1. The third-order valence-corrected chi connectivity index (χ3v) is 6.46. The van der Waals surface area contributed by atoms with Crippen molar-refractivity contribution in [1.82, 2.24) is 9.80 Å². The normalized spacial score (nSPS) is 16.8. The largest absolute Gasteiger partial charge is 0.507 e. The Balaban J connectivity index is 1.78. The van der Waals surface area contributed by atoms with Crippen LogP contribution in [0, 0.1) is 6.92 Å². The lowest BCUT2D eigenvalue weighted by Gasteiger charge is -2.26. The number of hydrogen-bond acceptors (Lipinski definition) is 6. The third-order valence-electron chi connectivity index (χ3n) is 6.46. The van der Waals surface area contributed by atoms with Crippen LogP contribution in [0.2, 0.25) is 0 Å². The number of carbonyl (C=O) groups excluding carboxylic acids is 2. The first-order valence-corrected chi connectivity index (χ1v) is 12.8. The Morgan fingerprint density at radius 1 is 0.947 bits per heavy atom. The predicted octanol–water partition coefficient (Wildman–Crippen LogP) is 5.56. The topological polar surface area (TPSA) is 79.3 Å². The summed E-state index contributed by atoms with van der Waals surface area (Å²) in [5.74, 6) is 0.416. The van der Waals surface area contributed by atoms with Gasteiger partial charge >= 0.3 is 0 Å². The summed E-state index contributed by atoms with van der Waals surface area (Å²) in [5, 5.41) is 11.5. The molecule has 3 aromatic rings. The van der Waals surface area contributed by atoms with Gasteiger partial charge in [-0.1, -0.05) is 30.3 Å². The van der Waals surface area contributed by atoms with E-state index in [2.05, 4.69) is 0 Å². The first kappa shape index (κ1) is 26.9. The molecule has 0 aromatic heterocycles. The summed E-state index contributed by atoms with van der Waals surface area (Å²) >= 11 is 0. The standard InChI is InChI=1S/C31H34N2O5/c1-5-37-24-15-16-26(21(2)19-24)29(34)27-28(33(31(36)30(27)35)18-10-17-32(3)4)22-11-9-14-25(20-22)38-23-12-7-6-8-13-23/h6-9,11-16,19-20,28,34H,5,10,17-18H2,1-4H3/b29-27+. The van der Waals surface area contributed by atoms with Crippen molar-refractivity contribution in [2.75, 3.05) is 33.8 Å². The van der Waals surface area contributed by atoms with E-state index in [0.717, 1.165) is 12.1 Å². The smallest absolute Gasteiger partial charge is 0.295 e. The Labute approximate surface area is 223 Å². The monoisotopic (exact) mass is 514 g/mol. The number of hydrogen-bond donors (Lipinski definition) is 1. The molecule has 0 radical (unpaired) electrons. The molecule has 4 rings (SSSR count). The van der Waals surface area contributed by atoms with Crippen LogP contribution in [0.3, 0.4) is 0 Å². The van der Waals surface area contributed by atoms with E-state index in [0.29, 0.717) is 47.9 Å². The van der Waals surface area contributed by atoms with Crippen molar-refractivity contribution in [2.45, 2.75) is 26.3 Å². The fraction of sp³-hybridized carbons (Fsp3) is 0.290. The van der Waals surface area contributed by atoms with Gasteiger partial charge in [0.1, 0.15) is 23.0 Å². The van der Waals surface area contributed by atoms with Gasteiger partial charge in [-0.25, -0.2) is 0 Å². The number of ketones is 1. The highest BCUT2D eigenvalue weighted by molar-refractivity contribution is 6.46. The molecule has 1 atom stereocenters. The molecule has 3 aromatic carbocycles. The van der Waals surface area contributed by atoms with E-state index < -0.39 is 17.7 Å². The first-order valence-electron chi connectivity index (χ1n) is 12.8. The summed E-state index contributed by atoms with van der Waals surface area (Å²) in [4.78, 5) is 30.3. The molecular weight excluding hydrogens is 480 g/mol. The summed E-state index contributed by atoms with van der Waals surface area (Å²) < 4.78 is 11.6. The zero-order valence-corrected chi connectivity index (χ0v) is 22.3. The quantitative estimate of drug-likeness (QED) is 0.217. The van der Waals surface area contributed by atoms with Crippen molar-refractivity contribution in [3.63, 3.8) is 0 Å². The van der Waals surface area contributed by atoms with Crippen LogP contribution in [-0.2, 0) is 9.59 Å². The molecule has 1 fully saturated rings. The molecule has 1 aliphatic rings. The number of benzene rings is 3. The van der Waals surface area contributed by atoms with Gasteiger partial charge in [0.15, 0.2) is 0 Å². The van der Waals surface area contributed by atoms with Crippen LogP contribution < -0.4 is 9.47 Å². The summed E-state index contributed by atoms with van der Waals surface area (Å²) in [6, 6.07) is 21.3. The minimum atomic E-state index is -0.748. The molecule has 1 N–H and O–H groups in total. The molecule has 0 spiro atoms. The van der Waals surface area contributed by atoms with Crippen molar-refractivity contribution in [3.8, 4) is 17.2 Å². The van der Waals surface area contributed by atoms with Crippen molar-refractivity contribution in [1.29, 1.82) is 0 Å². The Morgan fingerprint density at radius 2 is 1.68 bits per heavy atom. The van der Waals surface area contributed by atoms with Crippen molar-refractivity contribution >= 4 is 17.4 Å². The molecule has 0 bridgehead atoms. The second-order valence-electron chi connectivity index (χ2n) is 9.55. The van der Waals surface area contributed by atoms with Crippen LogP contribution in [0.5, 0.6) is 17.2 Å². The molecule has 198 valence electrons. The number of ether oxygens (including phenoxy) is 2. The maximum atomic E-state index is 13.4. The van der Waals surface area contributed by atoms with E-state index in [1.165, 1.54) is 0 Å². The van der Waals surface area contributed by atoms with Gasteiger partial charge in [-0.15, -0.1) is 0 Å². The first-order chi connectivity index (χ1) is 18.3. The van der Waals surface area contributed by atoms with Crippen LogP contribution >= 0.6 is 0 Å². The summed E-state index contributed by atoms with van der Waals surface area (Å²) in [7, 11) is 3.93. The van der Waals surface area contributed by atoms with Gasteiger partial charge in [0.25, 0.3) is 11.7 Å². The molecule has 1 amide bonds.